The maximum Gasteiger partial charge on any atom is 0.305 e. The minimum atomic E-state index is 0.0153. The summed E-state index contributed by atoms with van der Waals surface area (Å²) in [4.78, 5) is 31.1. The van der Waals surface area contributed by atoms with E-state index in [9.17, 15) is 9.59 Å². The number of hydrogen-bond donors (Lipinski definition) is 0. The van der Waals surface area contributed by atoms with Gasteiger partial charge < -0.3 is 14.4 Å². The molecule has 62 heavy (non-hydrogen) atoms. The van der Waals surface area contributed by atoms with Crippen molar-refractivity contribution >= 4 is 11.9 Å². The number of esters is 2. The summed E-state index contributed by atoms with van der Waals surface area (Å²) in [6.07, 6.45) is 48.2. The first kappa shape index (κ1) is 58.9. The number of unbranched alkanes of at least 4 members (excludes halogenated alkanes) is 24. The normalized spacial score (nSPS) is 13.2. The lowest BCUT2D eigenvalue weighted by Gasteiger charge is -2.38. The fourth-order valence-corrected chi connectivity index (χ4v) is 9.56. The quantitative estimate of drug-likeness (QED) is 0.0448. The number of hydrogen-bond acceptors (Lipinski definition) is 6. The second kappa shape index (κ2) is 45.0. The van der Waals surface area contributed by atoms with Gasteiger partial charge in [-0.25, -0.2) is 0 Å². The average molecular weight is 876 g/mol. The Morgan fingerprint density at radius 2 is 0.758 bits per heavy atom. The molecule has 6 heteroatoms. The van der Waals surface area contributed by atoms with Crippen molar-refractivity contribution in [2.75, 3.05) is 45.9 Å². The van der Waals surface area contributed by atoms with Crippen LogP contribution in [-0.2, 0) is 19.1 Å². The molecule has 1 aliphatic rings. The van der Waals surface area contributed by atoms with Crippen molar-refractivity contribution in [2.24, 2.45) is 11.8 Å². The Morgan fingerprint density at radius 1 is 0.419 bits per heavy atom. The Bertz CT molecular complexity index is 862. The van der Waals surface area contributed by atoms with Crippen molar-refractivity contribution in [3.63, 3.8) is 0 Å². The van der Waals surface area contributed by atoms with E-state index < -0.39 is 0 Å². The van der Waals surface area contributed by atoms with E-state index in [0.29, 0.717) is 37.9 Å². The Labute approximate surface area is 388 Å². The molecule has 1 saturated carbocycles. The average Bonchev–Trinajstić information content (AvgIpc) is 3.25. The molecule has 1 aliphatic carbocycles. The molecule has 0 saturated heterocycles. The highest BCUT2D eigenvalue weighted by Gasteiger charge is 2.24. The topological polar surface area (TPSA) is 59.1 Å². The zero-order chi connectivity index (χ0) is 45.0. The third-order valence-corrected chi connectivity index (χ3v) is 14.2. The first-order valence-electron chi connectivity index (χ1n) is 28.2. The maximum absolute atomic E-state index is 12.9. The van der Waals surface area contributed by atoms with Gasteiger partial charge in [-0.15, -0.1) is 0 Å². The number of rotatable bonds is 49. The van der Waals surface area contributed by atoms with Crippen LogP contribution in [0.4, 0.5) is 0 Å². The standard InChI is InChI=1S/C56H110N2O4/c1-6-11-15-19-23-29-38-52(39-30-24-20-16-12-7-2)50-61-55(59)44-33-27-35-46-57(48-49-58(10-5)54-42-37-43-54)47-36-28-34-45-56(60)62-51-53(40-31-25-21-17-13-8-3)41-32-26-22-18-14-9-4/h52-54H,6-51H2,1-5H3. The third-order valence-electron chi connectivity index (χ3n) is 14.2. The van der Waals surface area contributed by atoms with Gasteiger partial charge in [0.2, 0.25) is 0 Å². The third kappa shape index (κ3) is 36.1. The molecule has 0 atom stereocenters. The second-order valence-corrected chi connectivity index (χ2v) is 20.0. The highest BCUT2D eigenvalue weighted by Crippen LogP contribution is 2.25. The molecule has 368 valence electrons. The summed E-state index contributed by atoms with van der Waals surface area (Å²) in [7, 11) is 0. The lowest BCUT2D eigenvalue weighted by Crippen LogP contribution is -2.44. The number of likely N-dealkylation sites (N-methyl/N-ethyl adjacent to an activating group) is 1. The Kier molecular flexibility index (Phi) is 42.8. The lowest BCUT2D eigenvalue weighted by atomic mass is 9.91. The van der Waals surface area contributed by atoms with Gasteiger partial charge >= 0.3 is 11.9 Å². The van der Waals surface area contributed by atoms with E-state index in [1.807, 2.05) is 0 Å². The van der Waals surface area contributed by atoms with Crippen LogP contribution in [0.25, 0.3) is 0 Å². The van der Waals surface area contributed by atoms with E-state index in [1.54, 1.807) is 0 Å². The molecule has 0 aromatic carbocycles. The van der Waals surface area contributed by atoms with E-state index in [0.717, 1.165) is 77.3 Å². The summed E-state index contributed by atoms with van der Waals surface area (Å²) in [6, 6.07) is 0.784. The van der Waals surface area contributed by atoms with Crippen molar-refractivity contribution in [2.45, 2.75) is 291 Å². The molecule has 6 nitrogen and oxygen atoms in total. The van der Waals surface area contributed by atoms with Crippen LogP contribution >= 0.6 is 0 Å². The molecule has 0 spiro atoms. The van der Waals surface area contributed by atoms with E-state index >= 15 is 0 Å². The molecule has 1 rings (SSSR count). The summed E-state index contributed by atoms with van der Waals surface area (Å²) in [5, 5.41) is 0. The fraction of sp³-hybridized carbons (Fsp3) is 0.964. The van der Waals surface area contributed by atoms with Crippen molar-refractivity contribution in [1.82, 2.24) is 9.80 Å². The summed E-state index contributed by atoms with van der Waals surface area (Å²) in [5.74, 6) is 1.10. The zero-order valence-electron chi connectivity index (χ0n) is 42.8. The molecular weight excluding hydrogens is 765 g/mol. The van der Waals surface area contributed by atoms with Crippen LogP contribution in [-0.4, -0.2) is 73.7 Å². The minimum Gasteiger partial charge on any atom is -0.465 e. The van der Waals surface area contributed by atoms with E-state index in [2.05, 4.69) is 44.4 Å². The largest absolute Gasteiger partial charge is 0.465 e. The highest BCUT2D eigenvalue weighted by atomic mass is 16.5. The molecule has 0 aromatic heterocycles. The van der Waals surface area contributed by atoms with Gasteiger partial charge in [0.1, 0.15) is 0 Å². The van der Waals surface area contributed by atoms with Crippen molar-refractivity contribution in [1.29, 1.82) is 0 Å². The molecule has 0 bridgehead atoms. The summed E-state index contributed by atoms with van der Waals surface area (Å²) < 4.78 is 11.9. The molecular formula is C56H110N2O4. The van der Waals surface area contributed by atoms with Gasteiger partial charge in [-0.3, -0.25) is 14.5 Å². The van der Waals surface area contributed by atoms with E-state index in [4.69, 9.17) is 9.47 Å². The predicted octanol–water partition coefficient (Wildman–Crippen LogP) is 16.6. The lowest BCUT2D eigenvalue weighted by molar-refractivity contribution is -0.146. The molecule has 0 unspecified atom stereocenters. The van der Waals surface area contributed by atoms with Gasteiger partial charge in [-0.2, -0.15) is 0 Å². The first-order chi connectivity index (χ1) is 30.5. The zero-order valence-corrected chi connectivity index (χ0v) is 42.8. The number of carbonyl (C=O) groups excluding carboxylic acids is 2. The molecule has 0 aromatic rings. The van der Waals surface area contributed by atoms with Crippen LogP contribution in [0.1, 0.15) is 285 Å². The highest BCUT2D eigenvalue weighted by molar-refractivity contribution is 5.69. The fourth-order valence-electron chi connectivity index (χ4n) is 9.56. The van der Waals surface area contributed by atoms with Crippen LogP contribution in [0.15, 0.2) is 0 Å². The molecule has 0 amide bonds. The van der Waals surface area contributed by atoms with Gasteiger partial charge in [0.25, 0.3) is 0 Å². The molecule has 0 radical (unpaired) electrons. The monoisotopic (exact) mass is 875 g/mol. The second-order valence-electron chi connectivity index (χ2n) is 20.0. The number of carbonyl (C=O) groups is 2. The van der Waals surface area contributed by atoms with Crippen LogP contribution in [0, 0.1) is 11.8 Å². The minimum absolute atomic E-state index is 0.0153. The van der Waals surface area contributed by atoms with Gasteiger partial charge in [-0.1, -0.05) is 208 Å². The molecule has 0 aliphatic heterocycles. The van der Waals surface area contributed by atoms with Crippen molar-refractivity contribution in [3.8, 4) is 0 Å². The summed E-state index contributed by atoms with van der Waals surface area (Å²) in [6.45, 7) is 18.3. The van der Waals surface area contributed by atoms with E-state index in [-0.39, 0.29) is 11.9 Å². The Balaban J connectivity index is 2.47. The van der Waals surface area contributed by atoms with Crippen LogP contribution < -0.4 is 0 Å². The number of nitrogens with zero attached hydrogens (tertiary/aromatic N) is 2. The molecule has 0 heterocycles. The first-order valence-corrected chi connectivity index (χ1v) is 28.2. The van der Waals surface area contributed by atoms with Crippen LogP contribution in [0.5, 0.6) is 0 Å². The number of ether oxygens (including phenoxy) is 2. The smallest absolute Gasteiger partial charge is 0.305 e. The van der Waals surface area contributed by atoms with Crippen molar-refractivity contribution < 1.29 is 19.1 Å². The predicted molar refractivity (Wildman–Crippen MR) is 269 cm³/mol. The van der Waals surface area contributed by atoms with E-state index in [1.165, 1.54) is 199 Å². The molecule has 1 fully saturated rings. The Hall–Kier alpha value is -1.14. The maximum atomic E-state index is 12.9. The van der Waals surface area contributed by atoms with Gasteiger partial charge in [0.15, 0.2) is 0 Å². The van der Waals surface area contributed by atoms with Crippen molar-refractivity contribution in [3.05, 3.63) is 0 Å². The summed E-state index contributed by atoms with van der Waals surface area (Å²) >= 11 is 0. The van der Waals surface area contributed by atoms with Gasteiger partial charge in [-0.05, 0) is 95.7 Å². The Morgan fingerprint density at radius 3 is 1.08 bits per heavy atom. The molecule has 0 N–H and O–H groups in total. The summed E-state index contributed by atoms with van der Waals surface area (Å²) in [5.41, 5.74) is 0. The van der Waals surface area contributed by atoms with Crippen LogP contribution in [0.3, 0.4) is 0 Å². The van der Waals surface area contributed by atoms with Gasteiger partial charge in [0, 0.05) is 32.0 Å². The SMILES string of the molecule is CCCCCCCCC(CCCCCCCC)COC(=O)CCCCCN(CCCCCC(=O)OCC(CCCCCCCC)CCCCCCCC)CCN(CC)C1CCC1. The van der Waals surface area contributed by atoms with Gasteiger partial charge in [0.05, 0.1) is 13.2 Å². The van der Waals surface area contributed by atoms with Crippen LogP contribution in [0.2, 0.25) is 0 Å².